The molecule has 0 heterocycles. The van der Waals surface area contributed by atoms with Crippen LogP contribution in [-0.4, -0.2) is 37.7 Å². The number of nitrogens with zero attached hydrogens (tertiary/aromatic N) is 2. The SMILES string of the molecule is COC(=O)C(C)Oc1ccc(C=NN=C(N)SCc2ccccc2)cc1OC. The maximum Gasteiger partial charge on any atom is 0.346 e. The van der Waals surface area contributed by atoms with Gasteiger partial charge in [0.2, 0.25) is 0 Å². The molecule has 2 aromatic rings. The summed E-state index contributed by atoms with van der Waals surface area (Å²) in [5.74, 6) is 1.16. The van der Waals surface area contributed by atoms with Gasteiger partial charge in [-0.15, -0.1) is 5.10 Å². The molecule has 0 aromatic heterocycles. The second kappa shape index (κ2) is 11.0. The first-order valence-electron chi connectivity index (χ1n) is 8.49. The minimum Gasteiger partial charge on any atom is -0.493 e. The van der Waals surface area contributed by atoms with Gasteiger partial charge in [0.05, 0.1) is 20.4 Å². The fraction of sp³-hybridized carbons (Fsp3) is 0.250. The third-order valence-electron chi connectivity index (χ3n) is 3.62. The second-order valence-electron chi connectivity index (χ2n) is 5.65. The smallest absolute Gasteiger partial charge is 0.346 e. The number of rotatable bonds is 8. The Morgan fingerprint density at radius 1 is 1.18 bits per heavy atom. The average Bonchev–Trinajstić information content (AvgIpc) is 2.73. The van der Waals surface area contributed by atoms with Gasteiger partial charge in [-0.1, -0.05) is 42.1 Å². The molecule has 0 bridgehead atoms. The molecule has 0 saturated heterocycles. The Hall–Kier alpha value is -3.00. The summed E-state index contributed by atoms with van der Waals surface area (Å²) in [6.45, 7) is 1.60. The topological polar surface area (TPSA) is 95.5 Å². The van der Waals surface area contributed by atoms with Crippen molar-refractivity contribution in [1.82, 2.24) is 0 Å². The third kappa shape index (κ3) is 6.62. The second-order valence-corrected chi connectivity index (χ2v) is 6.65. The summed E-state index contributed by atoms with van der Waals surface area (Å²) >= 11 is 1.41. The number of thioether (sulfide) groups is 1. The van der Waals surface area contributed by atoms with Gasteiger partial charge >= 0.3 is 5.97 Å². The zero-order valence-corrected chi connectivity index (χ0v) is 16.8. The predicted octanol–water partition coefficient (Wildman–Crippen LogP) is 3.22. The van der Waals surface area contributed by atoms with E-state index in [2.05, 4.69) is 14.9 Å². The van der Waals surface area contributed by atoms with E-state index in [9.17, 15) is 4.79 Å². The zero-order valence-electron chi connectivity index (χ0n) is 16.0. The van der Waals surface area contributed by atoms with E-state index in [1.165, 1.54) is 26.0 Å². The van der Waals surface area contributed by atoms with Crippen LogP contribution in [0.1, 0.15) is 18.1 Å². The molecule has 2 rings (SSSR count). The van der Waals surface area contributed by atoms with E-state index in [1.807, 2.05) is 30.3 Å². The monoisotopic (exact) mass is 401 g/mol. The number of nitrogens with two attached hydrogens (primary N) is 1. The van der Waals surface area contributed by atoms with Crippen LogP contribution in [0.3, 0.4) is 0 Å². The normalized spacial score (nSPS) is 12.6. The molecule has 1 unspecified atom stereocenters. The lowest BCUT2D eigenvalue weighted by molar-refractivity contribution is -0.147. The van der Waals surface area contributed by atoms with E-state index in [4.69, 9.17) is 15.2 Å². The molecule has 1 atom stereocenters. The van der Waals surface area contributed by atoms with Gasteiger partial charge in [0.25, 0.3) is 0 Å². The molecule has 0 spiro atoms. The Labute approximate surface area is 168 Å². The molecule has 28 heavy (non-hydrogen) atoms. The Morgan fingerprint density at radius 3 is 2.61 bits per heavy atom. The summed E-state index contributed by atoms with van der Waals surface area (Å²) in [6.07, 6.45) is 0.816. The Kier molecular flexibility index (Phi) is 8.36. The standard InChI is InChI=1S/C20H23N3O4S/c1-14(19(24)26-3)27-17-10-9-16(11-18(17)25-2)12-22-23-20(21)28-13-15-7-5-4-6-8-15/h4-12,14H,13H2,1-3H3,(H2,21,23). The highest BCUT2D eigenvalue weighted by molar-refractivity contribution is 8.13. The summed E-state index contributed by atoms with van der Waals surface area (Å²) in [5, 5.41) is 8.37. The first-order chi connectivity index (χ1) is 13.5. The van der Waals surface area contributed by atoms with Gasteiger partial charge in [-0.3, -0.25) is 0 Å². The van der Waals surface area contributed by atoms with E-state index in [0.29, 0.717) is 16.7 Å². The molecule has 148 valence electrons. The summed E-state index contributed by atoms with van der Waals surface area (Å²) < 4.78 is 15.5. The molecular formula is C20H23N3O4S. The first-order valence-corrected chi connectivity index (χ1v) is 9.47. The van der Waals surface area contributed by atoms with Crippen molar-refractivity contribution in [3.63, 3.8) is 0 Å². The average molecular weight is 401 g/mol. The minimum absolute atomic E-state index is 0.374. The summed E-state index contributed by atoms with van der Waals surface area (Å²) in [5.41, 5.74) is 7.79. The fourth-order valence-electron chi connectivity index (χ4n) is 2.18. The summed E-state index contributed by atoms with van der Waals surface area (Å²) in [4.78, 5) is 11.5. The van der Waals surface area contributed by atoms with Crippen LogP contribution in [0, 0.1) is 0 Å². The molecule has 7 nitrogen and oxygen atoms in total. The van der Waals surface area contributed by atoms with E-state index in [0.717, 1.165) is 16.9 Å². The number of carbonyl (C=O) groups excluding carboxylic acids is 1. The number of hydrogen-bond acceptors (Lipinski definition) is 7. The van der Waals surface area contributed by atoms with Crippen LogP contribution in [0.5, 0.6) is 11.5 Å². The van der Waals surface area contributed by atoms with E-state index < -0.39 is 12.1 Å². The molecule has 0 aliphatic rings. The summed E-state index contributed by atoms with van der Waals surface area (Å²) in [6, 6.07) is 15.2. The van der Waals surface area contributed by atoms with Crippen molar-refractivity contribution in [2.75, 3.05) is 14.2 Å². The highest BCUT2D eigenvalue weighted by atomic mass is 32.2. The van der Waals surface area contributed by atoms with E-state index in [-0.39, 0.29) is 0 Å². The highest BCUT2D eigenvalue weighted by Crippen LogP contribution is 2.28. The van der Waals surface area contributed by atoms with Gasteiger partial charge in [-0.05, 0) is 36.2 Å². The Bertz CT molecular complexity index is 841. The van der Waals surface area contributed by atoms with E-state index >= 15 is 0 Å². The Morgan fingerprint density at radius 2 is 1.93 bits per heavy atom. The van der Waals surface area contributed by atoms with Crippen molar-refractivity contribution < 1.29 is 19.0 Å². The molecule has 0 aliphatic heterocycles. The van der Waals surface area contributed by atoms with Crippen LogP contribution in [0.25, 0.3) is 0 Å². The molecule has 0 radical (unpaired) electrons. The van der Waals surface area contributed by atoms with Gasteiger partial charge in [0, 0.05) is 5.75 Å². The maximum absolute atomic E-state index is 11.5. The van der Waals surface area contributed by atoms with Crippen molar-refractivity contribution in [3.05, 3.63) is 59.7 Å². The number of benzene rings is 2. The van der Waals surface area contributed by atoms with Crippen molar-refractivity contribution in [1.29, 1.82) is 0 Å². The molecule has 0 fully saturated rings. The lowest BCUT2D eigenvalue weighted by atomic mass is 10.2. The largest absolute Gasteiger partial charge is 0.493 e. The molecule has 8 heteroatoms. The fourth-order valence-corrected chi connectivity index (χ4v) is 2.79. The minimum atomic E-state index is -0.746. The van der Waals surface area contributed by atoms with Crippen LogP contribution >= 0.6 is 11.8 Å². The highest BCUT2D eigenvalue weighted by Gasteiger charge is 2.17. The van der Waals surface area contributed by atoms with Gasteiger partial charge in [-0.25, -0.2) is 4.79 Å². The number of ether oxygens (including phenoxy) is 3. The van der Waals surface area contributed by atoms with Crippen molar-refractivity contribution in [2.45, 2.75) is 18.8 Å². The quantitative estimate of drug-likeness (QED) is 0.316. The molecular weight excluding hydrogens is 378 g/mol. The lowest BCUT2D eigenvalue weighted by Crippen LogP contribution is -2.25. The van der Waals surface area contributed by atoms with Gasteiger partial charge in [0.1, 0.15) is 0 Å². The van der Waals surface area contributed by atoms with Gasteiger partial charge in [-0.2, -0.15) is 5.10 Å². The first kappa shape index (κ1) is 21.3. The number of hydrogen-bond donors (Lipinski definition) is 1. The molecule has 2 aromatic carbocycles. The van der Waals surface area contributed by atoms with Crippen molar-refractivity contribution >= 4 is 29.1 Å². The van der Waals surface area contributed by atoms with Crippen molar-refractivity contribution in [3.8, 4) is 11.5 Å². The number of carbonyl (C=O) groups is 1. The van der Waals surface area contributed by atoms with Gasteiger partial charge in [0.15, 0.2) is 22.8 Å². The van der Waals surface area contributed by atoms with Crippen LogP contribution in [0.15, 0.2) is 58.7 Å². The summed E-state index contributed by atoms with van der Waals surface area (Å²) in [7, 11) is 2.83. The van der Waals surface area contributed by atoms with E-state index in [1.54, 1.807) is 31.3 Å². The molecule has 0 aliphatic carbocycles. The van der Waals surface area contributed by atoms with Gasteiger partial charge < -0.3 is 19.9 Å². The van der Waals surface area contributed by atoms with Crippen molar-refractivity contribution in [2.24, 2.45) is 15.9 Å². The maximum atomic E-state index is 11.5. The van der Waals surface area contributed by atoms with Crippen LogP contribution in [0.2, 0.25) is 0 Å². The number of amidine groups is 1. The third-order valence-corrected chi connectivity index (χ3v) is 4.47. The Balaban J connectivity index is 1.98. The molecule has 2 N–H and O–H groups in total. The number of methoxy groups -OCH3 is 2. The lowest BCUT2D eigenvalue weighted by Gasteiger charge is -2.15. The molecule has 0 saturated carbocycles. The van der Waals surface area contributed by atoms with Crippen LogP contribution in [0.4, 0.5) is 0 Å². The zero-order chi connectivity index (χ0) is 20.4. The predicted molar refractivity (Wildman–Crippen MR) is 112 cm³/mol. The molecule has 0 amide bonds. The number of esters is 1. The van der Waals surface area contributed by atoms with Crippen LogP contribution in [-0.2, 0) is 15.3 Å². The van der Waals surface area contributed by atoms with Crippen LogP contribution < -0.4 is 15.2 Å².